The molecule has 1 aliphatic heterocycles. The van der Waals surface area contributed by atoms with Gasteiger partial charge in [-0.3, -0.25) is 9.78 Å². The van der Waals surface area contributed by atoms with E-state index in [2.05, 4.69) is 20.4 Å². The third-order valence-electron chi connectivity index (χ3n) is 4.08. The van der Waals surface area contributed by atoms with Crippen molar-refractivity contribution >= 4 is 15.9 Å². The van der Waals surface area contributed by atoms with E-state index in [1.54, 1.807) is 13.0 Å². The molecule has 134 valence electrons. The molecule has 0 aliphatic carbocycles. The Morgan fingerprint density at radius 1 is 1.40 bits per heavy atom. The van der Waals surface area contributed by atoms with Crippen molar-refractivity contribution in [3.05, 3.63) is 36.2 Å². The largest absolute Gasteiger partial charge is 0.347 e. The lowest BCUT2D eigenvalue weighted by atomic mass is 9.97. The van der Waals surface area contributed by atoms with Gasteiger partial charge in [-0.1, -0.05) is 5.16 Å². The van der Waals surface area contributed by atoms with Crippen molar-refractivity contribution in [3.63, 3.8) is 0 Å². The van der Waals surface area contributed by atoms with E-state index >= 15 is 0 Å². The zero-order chi connectivity index (χ0) is 17.9. The number of hydrogen-bond donors (Lipinski definition) is 1. The number of aryl methyl sites for hydroxylation is 1. The first-order valence-corrected chi connectivity index (χ1v) is 9.38. The van der Waals surface area contributed by atoms with E-state index in [-0.39, 0.29) is 23.3 Å². The Hall–Kier alpha value is -2.33. The molecule has 1 aliphatic rings. The molecule has 3 heterocycles. The van der Waals surface area contributed by atoms with Gasteiger partial charge in [0.05, 0.1) is 6.54 Å². The van der Waals surface area contributed by atoms with Crippen LogP contribution >= 0.6 is 0 Å². The number of hydrogen-bond acceptors (Lipinski definition) is 7. The second kappa shape index (κ2) is 7.28. The van der Waals surface area contributed by atoms with Gasteiger partial charge in [0.1, 0.15) is 4.90 Å². The van der Waals surface area contributed by atoms with E-state index in [9.17, 15) is 13.2 Å². The van der Waals surface area contributed by atoms with E-state index in [1.807, 2.05) is 0 Å². The van der Waals surface area contributed by atoms with Gasteiger partial charge in [0.15, 0.2) is 5.82 Å². The van der Waals surface area contributed by atoms with Crippen molar-refractivity contribution in [2.45, 2.75) is 31.2 Å². The number of nitrogens with one attached hydrogen (secondary N) is 1. The fourth-order valence-corrected chi connectivity index (χ4v) is 4.16. The quantitative estimate of drug-likeness (QED) is 0.819. The Balaban J connectivity index is 1.54. The summed E-state index contributed by atoms with van der Waals surface area (Å²) in [6.45, 7) is 2.48. The Morgan fingerprint density at radius 3 is 2.76 bits per heavy atom. The predicted octanol–water partition coefficient (Wildman–Crippen LogP) is 0.490. The molecule has 0 saturated carbocycles. The van der Waals surface area contributed by atoms with Crippen LogP contribution in [0.25, 0.3) is 0 Å². The van der Waals surface area contributed by atoms with Crippen molar-refractivity contribution in [1.82, 2.24) is 24.7 Å². The number of carbonyl (C=O) groups is 1. The summed E-state index contributed by atoms with van der Waals surface area (Å²) in [5.41, 5.74) is 0. The molecule has 0 unspecified atom stereocenters. The highest BCUT2D eigenvalue weighted by Gasteiger charge is 2.32. The highest BCUT2D eigenvalue weighted by Crippen LogP contribution is 2.23. The van der Waals surface area contributed by atoms with Gasteiger partial charge in [-0.2, -0.15) is 9.29 Å². The number of piperidine rings is 1. The summed E-state index contributed by atoms with van der Waals surface area (Å²) in [6.07, 6.45) is 3.80. The summed E-state index contributed by atoms with van der Waals surface area (Å²) in [5, 5.41) is 6.41. The van der Waals surface area contributed by atoms with Gasteiger partial charge in [-0.25, -0.2) is 8.42 Å². The third kappa shape index (κ3) is 4.02. The van der Waals surface area contributed by atoms with Crippen molar-refractivity contribution in [2.75, 3.05) is 13.1 Å². The molecular weight excluding hydrogens is 346 g/mol. The molecule has 0 spiro atoms. The van der Waals surface area contributed by atoms with Crippen molar-refractivity contribution in [3.8, 4) is 0 Å². The molecule has 25 heavy (non-hydrogen) atoms. The Bertz CT molecular complexity index is 829. The number of aromatic nitrogens is 3. The van der Waals surface area contributed by atoms with E-state index in [0.717, 1.165) is 0 Å². The lowest BCUT2D eigenvalue weighted by Crippen LogP contribution is -2.42. The highest BCUT2D eigenvalue weighted by atomic mass is 32.2. The topological polar surface area (TPSA) is 118 Å². The van der Waals surface area contributed by atoms with Crippen molar-refractivity contribution in [1.29, 1.82) is 0 Å². The van der Waals surface area contributed by atoms with Crippen LogP contribution in [-0.4, -0.2) is 46.8 Å². The summed E-state index contributed by atoms with van der Waals surface area (Å²) in [7, 11) is -3.56. The number of carbonyl (C=O) groups excluding carboxylic acids is 1. The van der Waals surface area contributed by atoms with Crippen LogP contribution in [0.3, 0.4) is 0 Å². The Morgan fingerprint density at radius 2 is 2.16 bits per heavy atom. The molecule has 0 bridgehead atoms. The molecule has 10 heteroatoms. The summed E-state index contributed by atoms with van der Waals surface area (Å²) < 4.78 is 31.4. The molecule has 1 N–H and O–H groups in total. The smallest absolute Gasteiger partial charge is 0.246 e. The highest BCUT2D eigenvalue weighted by molar-refractivity contribution is 7.89. The lowest BCUT2D eigenvalue weighted by Gasteiger charge is -2.30. The molecule has 9 nitrogen and oxygen atoms in total. The monoisotopic (exact) mass is 365 g/mol. The summed E-state index contributed by atoms with van der Waals surface area (Å²) in [4.78, 5) is 20.3. The number of nitrogens with zero attached hydrogens (tertiary/aromatic N) is 4. The normalized spacial score (nSPS) is 16.7. The average molecular weight is 365 g/mol. The van der Waals surface area contributed by atoms with Crippen LogP contribution in [0.2, 0.25) is 0 Å². The molecule has 0 radical (unpaired) electrons. The summed E-state index contributed by atoms with van der Waals surface area (Å²) in [5.74, 6) is 0.499. The molecular formula is C15H19N5O4S. The third-order valence-corrected chi connectivity index (χ3v) is 5.96. The predicted molar refractivity (Wildman–Crippen MR) is 86.6 cm³/mol. The SMILES string of the molecule is Cc1noc(CNC(=O)C2CCN(S(=O)(=O)c3cccnc3)CC2)n1. The van der Waals surface area contributed by atoms with Crippen LogP contribution in [0.1, 0.15) is 24.6 Å². The maximum atomic E-state index is 12.5. The summed E-state index contributed by atoms with van der Waals surface area (Å²) >= 11 is 0. The van der Waals surface area contributed by atoms with Gasteiger partial charge in [0.25, 0.3) is 0 Å². The zero-order valence-corrected chi connectivity index (χ0v) is 14.6. The molecule has 3 rings (SSSR count). The van der Waals surface area contributed by atoms with Crippen LogP contribution < -0.4 is 5.32 Å². The number of sulfonamides is 1. The van der Waals surface area contributed by atoms with Crippen LogP contribution in [-0.2, 0) is 21.4 Å². The minimum atomic E-state index is -3.56. The zero-order valence-electron chi connectivity index (χ0n) is 13.8. The fourth-order valence-electron chi connectivity index (χ4n) is 2.73. The van der Waals surface area contributed by atoms with E-state index in [4.69, 9.17) is 4.52 Å². The molecule has 1 saturated heterocycles. The van der Waals surface area contributed by atoms with E-state index in [1.165, 1.54) is 22.8 Å². The van der Waals surface area contributed by atoms with Crippen LogP contribution in [0.5, 0.6) is 0 Å². The van der Waals surface area contributed by atoms with E-state index < -0.39 is 10.0 Å². The molecule has 2 aromatic heterocycles. The maximum absolute atomic E-state index is 12.5. The average Bonchev–Trinajstić information content (AvgIpc) is 3.06. The first-order valence-electron chi connectivity index (χ1n) is 7.94. The number of amides is 1. The molecule has 0 atom stereocenters. The number of pyridine rings is 1. The van der Waals surface area contributed by atoms with Crippen molar-refractivity contribution in [2.24, 2.45) is 5.92 Å². The first kappa shape index (κ1) is 17.5. The van der Waals surface area contributed by atoms with Crippen LogP contribution in [0, 0.1) is 12.8 Å². The molecule has 1 amide bonds. The fraction of sp³-hybridized carbons (Fsp3) is 0.467. The van der Waals surface area contributed by atoms with Gasteiger partial charge in [0, 0.05) is 31.4 Å². The second-order valence-corrected chi connectivity index (χ2v) is 7.76. The number of rotatable bonds is 5. The van der Waals surface area contributed by atoms with Gasteiger partial charge < -0.3 is 9.84 Å². The Labute approximate surface area is 145 Å². The maximum Gasteiger partial charge on any atom is 0.246 e. The molecule has 1 fully saturated rings. The first-order chi connectivity index (χ1) is 12.0. The standard InChI is InChI=1S/C15H19N5O4S/c1-11-18-14(24-19-11)10-17-15(21)12-4-7-20(8-5-12)25(22,23)13-3-2-6-16-9-13/h2-3,6,9,12H,4-5,7-8,10H2,1H3,(H,17,21). The van der Waals surface area contributed by atoms with E-state index in [0.29, 0.717) is 37.6 Å². The van der Waals surface area contributed by atoms with Crippen molar-refractivity contribution < 1.29 is 17.7 Å². The van der Waals surface area contributed by atoms with Gasteiger partial charge in [0.2, 0.25) is 21.8 Å². The van der Waals surface area contributed by atoms with Gasteiger partial charge in [-0.15, -0.1) is 0 Å². The van der Waals surface area contributed by atoms with Gasteiger partial charge in [-0.05, 0) is 31.9 Å². The lowest BCUT2D eigenvalue weighted by molar-refractivity contribution is -0.126. The minimum absolute atomic E-state index is 0.130. The van der Waals surface area contributed by atoms with Gasteiger partial charge >= 0.3 is 0 Å². The van der Waals surface area contributed by atoms with Crippen LogP contribution in [0.4, 0.5) is 0 Å². The summed E-state index contributed by atoms with van der Waals surface area (Å²) in [6, 6.07) is 3.11. The minimum Gasteiger partial charge on any atom is -0.347 e. The molecule has 2 aromatic rings. The molecule has 0 aromatic carbocycles. The second-order valence-electron chi connectivity index (χ2n) is 5.82. The Kier molecular flexibility index (Phi) is 5.09. The van der Waals surface area contributed by atoms with Crippen LogP contribution in [0.15, 0.2) is 33.9 Å².